The van der Waals surface area contributed by atoms with Gasteiger partial charge in [0, 0.05) is 15.3 Å². The first-order chi connectivity index (χ1) is 10.2. The molecule has 0 saturated carbocycles. The highest BCUT2D eigenvalue weighted by molar-refractivity contribution is 14.1. The number of hydrogen-bond donors (Lipinski definition) is 1. The third-order valence-corrected chi connectivity index (χ3v) is 4.00. The Morgan fingerprint density at radius 1 is 1.19 bits per heavy atom. The van der Waals surface area contributed by atoms with E-state index in [0.717, 1.165) is 9.09 Å². The Balaban J connectivity index is 1.97. The zero-order valence-corrected chi connectivity index (χ0v) is 12.9. The van der Waals surface area contributed by atoms with Crippen molar-refractivity contribution in [3.63, 3.8) is 0 Å². The van der Waals surface area contributed by atoms with Gasteiger partial charge in [-0.15, -0.1) is 0 Å². The van der Waals surface area contributed by atoms with E-state index < -0.39 is 0 Å². The summed E-state index contributed by atoms with van der Waals surface area (Å²) in [5.41, 5.74) is 2.18. The molecule has 102 valence electrons. The van der Waals surface area contributed by atoms with Crippen LogP contribution < -0.4 is 5.56 Å². The van der Waals surface area contributed by atoms with Gasteiger partial charge in [0.2, 0.25) is 0 Å². The van der Waals surface area contributed by atoms with Gasteiger partial charge in [-0.3, -0.25) is 4.79 Å². The van der Waals surface area contributed by atoms with Crippen LogP contribution in [0.25, 0.3) is 27.9 Å². The average molecular weight is 388 g/mol. The molecule has 0 atom stereocenters. The average Bonchev–Trinajstić information content (AvgIpc) is 2.95. The predicted octanol–water partition coefficient (Wildman–Crippen LogP) is 2.84. The molecule has 0 spiro atoms. The Morgan fingerprint density at radius 3 is 3.00 bits per heavy atom. The van der Waals surface area contributed by atoms with E-state index in [1.807, 2.05) is 47.0 Å². The number of aromatic amines is 1. The smallest absolute Gasteiger partial charge is 0.259 e. The third-order valence-electron chi connectivity index (χ3n) is 3.33. The molecule has 0 unspecified atom stereocenters. The number of aromatic nitrogens is 4. The van der Waals surface area contributed by atoms with Gasteiger partial charge in [0.05, 0.1) is 17.2 Å². The van der Waals surface area contributed by atoms with Gasteiger partial charge < -0.3 is 9.38 Å². The highest BCUT2D eigenvalue weighted by Gasteiger charge is 2.08. The molecule has 1 aromatic carbocycles. The third kappa shape index (κ3) is 2.11. The number of rotatable bonds is 1. The van der Waals surface area contributed by atoms with Crippen molar-refractivity contribution in [3.05, 3.63) is 62.8 Å². The first-order valence-electron chi connectivity index (χ1n) is 6.33. The maximum atomic E-state index is 12.2. The van der Waals surface area contributed by atoms with Crippen molar-refractivity contribution in [2.45, 2.75) is 0 Å². The molecule has 1 N–H and O–H groups in total. The molecule has 5 nitrogen and oxygen atoms in total. The molecule has 0 aliphatic rings. The van der Waals surface area contributed by atoms with E-state index in [9.17, 15) is 4.79 Å². The zero-order chi connectivity index (χ0) is 14.4. The topological polar surface area (TPSA) is 63.0 Å². The minimum absolute atomic E-state index is 0.148. The highest BCUT2D eigenvalue weighted by atomic mass is 127. The summed E-state index contributed by atoms with van der Waals surface area (Å²) < 4.78 is 2.92. The first kappa shape index (κ1) is 12.5. The van der Waals surface area contributed by atoms with Gasteiger partial charge in [-0.2, -0.15) is 0 Å². The Labute approximate surface area is 132 Å². The van der Waals surface area contributed by atoms with Crippen molar-refractivity contribution in [2.75, 3.05) is 0 Å². The number of nitrogens with one attached hydrogen (secondary N) is 1. The van der Waals surface area contributed by atoms with Crippen LogP contribution in [-0.4, -0.2) is 19.4 Å². The Hall–Kier alpha value is -2.22. The van der Waals surface area contributed by atoms with Gasteiger partial charge >= 0.3 is 0 Å². The number of halogens is 1. The molecule has 4 rings (SSSR count). The van der Waals surface area contributed by atoms with Gasteiger partial charge in [0.1, 0.15) is 5.69 Å². The summed E-state index contributed by atoms with van der Waals surface area (Å²) in [7, 11) is 0. The molecule has 4 aromatic rings. The molecular formula is C15H9IN4O. The molecule has 0 bridgehead atoms. The SMILES string of the molecule is O=c1[nH]c(-c2cc3cccn3cn2)nc2ccc(I)cc12. The van der Waals surface area contributed by atoms with Crippen molar-refractivity contribution < 1.29 is 0 Å². The zero-order valence-electron chi connectivity index (χ0n) is 10.7. The normalized spacial score (nSPS) is 11.3. The van der Waals surface area contributed by atoms with Crippen LogP contribution in [0.1, 0.15) is 0 Å². The van der Waals surface area contributed by atoms with Crippen molar-refractivity contribution in [2.24, 2.45) is 0 Å². The van der Waals surface area contributed by atoms with E-state index in [4.69, 9.17) is 0 Å². The van der Waals surface area contributed by atoms with Crippen LogP contribution in [0, 0.1) is 3.57 Å². The molecule has 0 aliphatic heterocycles. The van der Waals surface area contributed by atoms with Gasteiger partial charge in [0.25, 0.3) is 5.56 Å². The Bertz CT molecular complexity index is 1030. The number of H-pyrrole nitrogens is 1. The fourth-order valence-corrected chi connectivity index (χ4v) is 2.79. The van der Waals surface area contributed by atoms with Crippen molar-refractivity contribution in [3.8, 4) is 11.5 Å². The number of benzene rings is 1. The standard InChI is InChI=1S/C15H9IN4O/c16-9-3-4-12-11(6-9)15(21)19-14(18-12)13-7-10-2-1-5-20(10)8-17-13/h1-8H,(H,18,19,21). The largest absolute Gasteiger partial charge is 0.308 e. The van der Waals surface area contributed by atoms with Gasteiger partial charge in [-0.25, -0.2) is 9.97 Å². The molecule has 21 heavy (non-hydrogen) atoms. The summed E-state index contributed by atoms with van der Waals surface area (Å²) in [6.45, 7) is 0. The minimum Gasteiger partial charge on any atom is -0.308 e. The predicted molar refractivity (Wildman–Crippen MR) is 89.3 cm³/mol. The first-order valence-corrected chi connectivity index (χ1v) is 7.41. The molecule has 6 heteroatoms. The van der Waals surface area contributed by atoms with E-state index in [0.29, 0.717) is 22.4 Å². The molecule has 0 saturated heterocycles. The summed E-state index contributed by atoms with van der Waals surface area (Å²) in [6, 6.07) is 11.4. The van der Waals surface area contributed by atoms with Crippen LogP contribution in [0.3, 0.4) is 0 Å². The monoisotopic (exact) mass is 388 g/mol. The molecule has 0 fully saturated rings. The summed E-state index contributed by atoms with van der Waals surface area (Å²) in [4.78, 5) is 23.9. The van der Waals surface area contributed by atoms with Crippen molar-refractivity contribution in [1.29, 1.82) is 0 Å². The quantitative estimate of drug-likeness (QED) is 0.510. The summed E-state index contributed by atoms with van der Waals surface area (Å²) >= 11 is 2.18. The second kappa shape index (κ2) is 4.66. The fourth-order valence-electron chi connectivity index (χ4n) is 2.30. The van der Waals surface area contributed by atoms with Crippen LogP contribution >= 0.6 is 22.6 Å². The Kier molecular flexibility index (Phi) is 2.78. The molecule has 0 aliphatic carbocycles. The molecule has 0 amide bonds. The van der Waals surface area contributed by atoms with E-state index in [1.54, 1.807) is 6.33 Å². The lowest BCUT2D eigenvalue weighted by Crippen LogP contribution is -2.10. The summed E-state index contributed by atoms with van der Waals surface area (Å²) in [5.74, 6) is 0.484. The highest BCUT2D eigenvalue weighted by Crippen LogP contribution is 2.17. The lowest BCUT2D eigenvalue weighted by molar-refractivity contribution is 1.07. The van der Waals surface area contributed by atoms with Crippen molar-refractivity contribution >= 4 is 39.0 Å². The van der Waals surface area contributed by atoms with E-state index in [1.165, 1.54) is 0 Å². The summed E-state index contributed by atoms with van der Waals surface area (Å²) in [5, 5.41) is 0.592. The Morgan fingerprint density at radius 2 is 2.10 bits per heavy atom. The van der Waals surface area contributed by atoms with Crippen LogP contribution in [0.15, 0.2) is 53.7 Å². The van der Waals surface area contributed by atoms with Crippen LogP contribution in [0.2, 0.25) is 0 Å². The molecular weight excluding hydrogens is 379 g/mol. The maximum absolute atomic E-state index is 12.2. The second-order valence-electron chi connectivity index (χ2n) is 4.69. The van der Waals surface area contributed by atoms with Crippen LogP contribution in [0.4, 0.5) is 0 Å². The van der Waals surface area contributed by atoms with Crippen LogP contribution in [0.5, 0.6) is 0 Å². The van der Waals surface area contributed by atoms with Gasteiger partial charge in [0.15, 0.2) is 5.82 Å². The minimum atomic E-state index is -0.148. The van der Waals surface area contributed by atoms with Gasteiger partial charge in [-0.05, 0) is 59.0 Å². The number of fused-ring (bicyclic) bond motifs is 2. The molecule has 0 radical (unpaired) electrons. The number of nitrogens with zero attached hydrogens (tertiary/aromatic N) is 3. The summed E-state index contributed by atoms with van der Waals surface area (Å²) in [6.07, 6.45) is 3.63. The lowest BCUT2D eigenvalue weighted by atomic mass is 10.2. The van der Waals surface area contributed by atoms with Crippen molar-refractivity contribution in [1.82, 2.24) is 19.4 Å². The van der Waals surface area contributed by atoms with E-state index in [2.05, 4.69) is 37.5 Å². The van der Waals surface area contributed by atoms with E-state index in [-0.39, 0.29) is 5.56 Å². The second-order valence-corrected chi connectivity index (χ2v) is 5.94. The van der Waals surface area contributed by atoms with Gasteiger partial charge in [-0.1, -0.05) is 0 Å². The molecule has 3 heterocycles. The number of hydrogen-bond acceptors (Lipinski definition) is 3. The lowest BCUT2D eigenvalue weighted by Gasteiger charge is -2.04. The maximum Gasteiger partial charge on any atom is 0.259 e. The molecule has 3 aromatic heterocycles. The fraction of sp³-hybridized carbons (Fsp3) is 0. The van der Waals surface area contributed by atoms with Crippen LogP contribution in [-0.2, 0) is 0 Å². The van der Waals surface area contributed by atoms with E-state index >= 15 is 0 Å².